The molecule has 0 saturated carbocycles. The number of thioether (sulfide) groups is 2. The van der Waals surface area contributed by atoms with Gasteiger partial charge in [0.15, 0.2) is 5.76 Å². The van der Waals surface area contributed by atoms with Crippen molar-refractivity contribution in [3.05, 3.63) is 64.6 Å². The van der Waals surface area contributed by atoms with E-state index in [4.69, 9.17) is 4.42 Å². The van der Waals surface area contributed by atoms with Gasteiger partial charge >= 0.3 is 0 Å². The van der Waals surface area contributed by atoms with E-state index in [0.29, 0.717) is 16.4 Å². The topological polar surface area (TPSA) is 77.5 Å². The third kappa shape index (κ3) is 2.57. The molecule has 7 heteroatoms. The van der Waals surface area contributed by atoms with Gasteiger partial charge in [-0.2, -0.15) is 5.26 Å². The van der Waals surface area contributed by atoms with E-state index in [1.54, 1.807) is 23.9 Å². The smallest absolute Gasteiger partial charge is 0.231 e. The Morgan fingerprint density at radius 2 is 2.15 bits per heavy atom. The molecule has 2 atom stereocenters. The molecule has 0 spiro atoms. The van der Waals surface area contributed by atoms with E-state index in [0.717, 1.165) is 10.5 Å². The lowest BCUT2D eigenvalue weighted by atomic mass is 9.86. The number of aliphatic hydroxyl groups is 1. The molecule has 2 aliphatic rings. The SMILES string of the molecule is CSc1ccc([C@H]2CC(=O)N3C(=C2C#N)SC[C@@]3(O)c2ccco2)cc1. The minimum absolute atomic E-state index is 0.147. The molecule has 0 unspecified atom stereocenters. The van der Waals surface area contributed by atoms with Gasteiger partial charge in [-0.05, 0) is 36.1 Å². The average molecular weight is 384 g/mol. The summed E-state index contributed by atoms with van der Waals surface area (Å²) in [4.78, 5) is 15.4. The summed E-state index contributed by atoms with van der Waals surface area (Å²) in [5.41, 5.74) is -0.0843. The number of carbonyl (C=O) groups excluding carboxylic acids is 1. The standard InChI is InChI=1S/C19H16N2O3S2/c1-25-13-6-4-12(5-7-13)14-9-17(22)21-18(15(14)10-20)26-11-19(21,23)16-3-2-8-24-16/h2-8,14,23H,9,11H2,1H3/t14-,19-/m1/s1. The molecule has 4 rings (SSSR count). The van der Waals surface area contributed by atoms with Gasteiger partial charge in [0.2, 0.25) is 11.6 Å². The van der Waals surface area contributed by atoms with Crippen LogP contribution in [0.2, 0.25) is 0 Å². The van der Waals surface area contributed by atoms with Crippen LogP contribution >= 0.6 is 23.5 Å². The summed E-state index contributed by atoms with van der Waals surface area (Å²) in [5.74, 6) is 0.0570. The van der Waals surface area contributed by atoms with Crippen LogP contribution < -0.4 is 0 Å². The molecule has 0 radical (unpaired) electrons. The number of nitriles is 1. The van der Waals surface area contributed by atoms with Crippen molar-refractivity contribution in [1.82, 2.24) is 4.90 Å². The zero-order valence-corrected chi connectivity index (χ0v) is 15.6. The molecule has 3 heterocycles. The molecule has 26 heavy (non-hydrogen) atoms. The van der Waals surface area contributed by atoms with Crippen molar-refractivity contribution in [3.8, 4) is 6.07 Å². The lowest BCUT2D eigenvalue weighted by Crippen LogP contribution is -2.48. The maximum Gasteiger partial charge on any atom is 0.231 e. The number of rotatable bonds is 3. The van der Waals surface area contributed by atoms with Crippen LogP contribution in [0.3, 0.4) is 0 Å². The molecular weight excluding hydrogens is 368 g/mol. The predicted octanol–water partition coefficient (Wildman–Crippen LogP) is 3.64. The number of fused-ring (bicyclic) bond motifs is 1. The van der Waals surface area contributed by atoms with E-state index in [2.05, 4.69) is 6.07 Å². The van der Waals surface area contributed by atoms with Gasteiger partial charge in [-0.1, -0.05) is 12.1 Å². The Kier molecular flexibility index (Phi) is 4.35. The maximum atomic E-state index is 12.9. The lowest BCUT2D eigenvalue weighted by Gasteiger charge is -2.36. The van der Waals surface area contributed by atoms with Crippen LogP contribution in [-0.2, 0) is 10.5 Å². The van der Waals surface area contributed by atoms with Crippen LogP contribution in [0.5, 0.6) is 0 Å². The van der Waals surface area contributed by atoms with Crippen molar-refractivity contribution in [2.75, 3.05) is 12.0 Å². The molecule has 2 aliphatic heterocycles. The fourth-order valence-corrected chi connectivity index (χ4v) is 5.18. The molecule has 132 valence electrons. The van der Waals surface area contributed by atoms with Crippen LogP contribution in [0.4, 0.5) is 0 Å². The van der Waals surface area contributed by atoms with Crippen molar-refractivity contribution in [1.29, 1.82) is 5.26 Å². The summed E-state index contributed by atoms with van der Waals surface area (Å²) in [6.45, 7) is 0. The minimum atomic E-state index is -1.55. The van der Waals surface area contributed by atoms with Gasteiger partial charge in [0.1, 0.15) is 0 Å². The second kappa shape index (κ2) is 6.54. The monoisotopic (exact) mass is 384 g/mol. The third-order valence-electron chi connectivity index (χ3n) is 4.74. The summed E-state index contributed by atoms with van der Waals surface area (Å²) < 4.78 is 5.36. The highest BCUT2D eigenvalue weighted by Crippen LogP contribution is 2.51. The van der Waals surface area contributed by atoms with Gasteiger partial charge in [-0.15, -0.1) is 23.5 Å². The highest BCUT2D eigenvalue weighted by atomic mass is 32.2. The maximum absolute atomic E-state index is 12.9. The number of allylic oxidation sites excluding steroid dienone is 1. The zero-order chi connectivity index (χ0) is 18.3. The third-order valence-corrected chi connectivity index (χ3v) is 6.71. The second-order valence-corrected chi connectivity index (χ2v) is 8.02. The molecule has 1 fully saturated rings. The Morgan fingerprint density at radius 1 is 1.38 bits per heavy atom. The number of amides is 1. The van der Waals surface area contributed by atoms with E-state index in [1.807, 2.05) is 30.5 Å². The quantitative estimate of drug-likeness (QED) is 0.814. The van der Waals surface area contributed by atoms with E-state index < -0.39 is 5.72 Å². The van der Waals surface area contributed by atoms with Gasteiger partial charge in [0, 0.05) is 17.2 Å². The van der Waals surface area contributed by atoms with Crippen LogP contribution in [0.1, 0.15) is 23.7 Å². The molecule has 0 aliphatic carbocycles. The Bertz CT molecular complexity index is 915. The first-order valence-corrected chi connectivity index (χ1v) is 10.3. The van der Waals surface area contributed by atoms with Gasteiger partial charge in [0.05, 0.1) is 28.7 Å². The van der Waals surface area contributed by atoms with Crippen molar-refractivity contribution >= 4 is 29.4 Å². The Balaban J connectivity index is 1.78. The predicted molar refractivity (Wildman–Crippen MR) is 100 cm³/mol. The molecule has 1 aromatic carbocycles. The van der Waals surface area contributed by atoms with Gasteiger partial charge in [-0.25, -0.2) is 0 Å². The summed E-state index contributed by atoms with van der Waals surface area (Å²) in [7, 11) is 0. The van der Waals surface area contributed by atoms with Crippen molar-refractivity contribution in [2.24, 2.45) is 0 Å². The van der Waals surface area contributed by atoms with Crippen molar-refractivity contribution in [2.45, 2.75) is 23.0 Å². The van der Waals surface area contributed by atoms with Crippen LogP contribution in [0, 0.1) is 11.3 Å². The molecule has 1 amide bonds. The Hall–Kier alpha value is -2.14. The highest BCUT2D eigenvalue weighted by Gasteiger charge is 2.53. The number of furan rings is 1. The molecule has 1 N–H and O–H groups in total. The summed E-state index contributed by atoms with van der Waals surface area (Å²) in [6.07, 6.45) is 3.62. The molecular formula is C19H16N2O3S2. The fourth-order valence-electron chi connectivity index (χ4n) is 3.44. The number of benzene rings is 1. The molecule has 5 nitrogen and oxygen atoms in total. The molecule has 1 saturated heterocycles. The lowest BCUT2D eigenvalue weighted by molar-refractivity contribution is -0.152. The van der Waals surface area contributed by atoms with E-state index in [9.17, 15) is 15.2 Å². The molecule has 2 aromatic rings. The molecule has 0 bridgehead atoms. The number of carbonyl (C=O) groups is 1. The first-order valence-electron chi connectivity index (χ1n) is 8.09. The zero-order valence-electron chi connectivity index (χ0n) is 14.0. The van der Waals surface area contributed by atoms with Crippen LogP contribution in [0.15, 0.2) is 62.6 Å². The normalized spacial score (nSPS) is 25.3. The largest absolute Gasteiger partial charge is 0.464 e. The van der Waals surface area contributed by atoms with E-state index >= 15 is 0 Å². The fraction of sp³-hybridized carbons (Fsp3) is 0.263. The van der Waals surface area contributed by atoms with Crippen molar-refractivity contribution < 1.29 is 14.3 Å². The van der Waals surface area contributed by atoms with Gasteiger partial charge < -0.3 is 9.52 Å². The summed E-state index contributed by atoms with van der Waals surface area (Å²) >= 11 is 2.97. The first-order chi connectivity index (χ1) is 12.6. The van der Waals surface area contributed by atoms with Gasteiger partial charge in [-0.3, -0.25) is 9.69 Å². The number of hydrogen-bond donors (Lipinski definition) is 1. The summed E-state index contributed by atoms with van der Waals surface area (Å²) in [5, 5.41) is 21.4. The van der Waals surface area contributed by atoms with E-state index in [1.165, 1.54) is 22.9 Å². The average Bonchev–Trinajstić information content (AvgIpc) is 3.31. The highest BCUT2D eigenvalue weighted by molar-refractivity contribution is 8.03. The Morgan fingerprint density at radius 3 is 2.77 bits per heavy atom. The first kappa shape index (κ1) is 17.3. The van der Waals surface area contributed by atoms with Crippen molar-refractivity contribution in [3.63, 3.8) is 0 Å². The second-order valence-electron chi connectivity index (χ2n) is 6.17. The van der Waals surface area contributed by atoms with Crippen LogP contribution in [0.25, 0.3) is 0 Å². The minimum Gasteiger partial charge on any atom is -0.464 e. The molecule has 1 aromatic heterocycles. The van der Waals surface area contributed by atoms with E-state index in [-0.39, 0.29) is 24.0 Å². The number of hydrogen-bond acceptors (Lipinski definition) is 6. The van der Waals surface area contributed by atoms with Crippen LogP contribution in [-0.4, -0.2) is 27.9 Å². The van der Waals surface area contributed by atoms with Gasteiger partial charge in [0.25, 0.3) is 0 Å². The summed E-state index contributed by atoms with van der Waals surface area (Å²) in [6, 6.07) is 13.5. The Labute approximate surface area is 159 Å². The number of nitrogens with zero attached hydrogens (tertiary/aromatic N) is 2.